The molecule has 0 saturated carbocycles. The number of amides is 1. The van der Waals surface area contributed by atoms with Gasteiger partial charge in [0.05, 0.1) is 12.6 Å². The van der Waals surface area contributed by atoms with Crippen LogP contribution in [0.15, 0.2) is 10.6 Å². The van der Waals surface area contributed by atoms with Crippen molar-refractivity contribution in [1.29, 1.82) is 0 Å². The Bertz CT molecular complexity index is 682. The van der Waals surface area contributed by atoms with Crippen LogP contribution in [0.1, 0.15) is 30.4 Å². The van der Waals surface area contributed by atoms with E-state index in [0.29, 0.717) is 37.1 Å². The smallest absolute Gasteiger partial charge is 0.242 e. The number of nitrogens with zero attached hydrogens (tertiary/aromatic N) is 4. The number of aromatic nitrogens is 4. The van der Waals surface area contributed by atoms with Crippen LogP contribution >= 0.6 is 0 Å². The summed E-state index contributed by atoms with van der Waals surface area (Å²) in [6.07, 6.45) is -0.238. The highest BCUT2D eigenvalue weighted by molar-refractivity contribution is 5.93. The van der Waals surface area contributed by atoms with Gasteiger partial charge in [-0.15, -0.1) is 0 Å². The summed E-state index contributed by atoms with van der Waals surface area (Å²) in [6, 6.07) is 1.36. The maximum absolute atomic E-state index is 12.4. The Hall–Kier alpha value is -2.26. The third-order valence-electron chi connectivity index (χ3n) is 3.81. The molecule has 2 atom stereocenters. The maximum Gasteiger partial charge on any atom is 0.242 e. The van der Waals surface area contributed by atoms with Crippen LogP contribution in [0.5, 0.6) is 0 Å². The number of rotatable bonds is 4. The van der Waals surface area contributed by atoms with Gasteiger partial charge in [0.1, 0.15) is 17.7 Å². The molecule has 9 heteroatoms. The van der Waals surface area contributed by atoms with E-state index in [1.165, 1.54) is 0 Å². The molecule has 1 aliphatic rings. The Morgan fingerprint density at radius 1 is 1.52 bits per heavy atom. The van der Waals surface area contributed by atoms with E-state index in [1.54, 1.807) is 13.0 Å². The van der Waals surface area contributed by atoms with E-state index >= 15 is 0 Å². The first-order chi connectivity index (χ1) is 11.0. The lowest BCUT2D eigenvalue weighted by atomic mass is 10.2. The molecule has 1 aliphatic heterocycles. The van der Waals surface area contributed by atoms with Crippen molar-refractivity contribution in [3.05, 3.63) is 23.5 Å². The van der Waals surface area contributed by atoms with Gasteiger partial charge in [0, 0.05) is 19.2 Å². The van der Waals surface area contributed by atoms with Crippen molar-refractivity contribution in [3.8, 4) is 0 Å². The second kappa shape index (κ2) is 6.47. The molecule has 0 aliphatic carbocycles. The predicted octanol–water partition coefficient (Wildman–Crippen LogP) is 0.810. The van der Waals surface area contributed by atoms with Crippen LogP contribution in [0.25, 0.3) is 0 Å². The van der Waals surface area contributed by atoms with Gasteiger partial charge in [-0.3, -0.25) is 14.8 Å². The van der Waals surface area contributed by atoms with Crippen LogP contribution in [0.2, 0.25) is 0 Å². The number of carbonyl (C=O) groups is 1. The van der Waals surface area contributed by atoms with Gasteiger partial charge in [-0.05, 0) is 20.8 Å². The molecule has 1 fully saturated rings. The fourth-order valence-corrected chi connectivity index (χ4v) is 2.50. The Labute approximate surface area is 133 Å². The van der Waals surface area contributed by atoms with Gasteiger partial charge in [-0.1, -0.05) is 5.16 Å². The van der Waals surface area contributed by atoms with Crippen molar-refractivity contribution in [2.75, 3.05) is 25.0 Å². The van der Waals surface area contributed by atoms with Crippen molar-refractivity contribution in [1.82, 2.24) is 25.2 Å². The van der Waals surface area contributed by atoms with Crippen LogP contribution in [0.3, 0.4) is 0 Å². The number of H-pyrrole nitrogens is 1. The summed E-state index contributed by atoms with van der Waals surface area (Å²) in [5, 5.41) is 13.5. The van der Waals surface area contributed by atoms with Crippen LogP contribution < -0.4 is 5.32 Å². The third kappa shape index (κ3) is 3.57. The zero-order chi connectivity index (χ0) is 16.4. The van der Waals surface area contributed by atoms with E-state index in [9.17, 15) is 4.79 Å². The lowest BCUT2D eigenvalue weighted by molar-refractivity contribution is -0.124. The zero-order valence-electron chi connectivity index (χ0n) is 13.4. The van der Waals surface area contributed by atoms with Gasteiger partial charge in [0.2, 0.25) is 5.91 Å². The molecule has 2 N–H and O–H groups in total. The van der Waals surface area contributed by atoms with Gasteiger partial charge in [0.25, 0.3) is 0 Å². The quantitative estimate of drug-likeness (QED) is 0.858. The third-order valence-corrected chi connectivity index (χ3v) is 3.81. The summed E-state index contributed by atoms with van der Waals surface area (Å²) in [7, 11) is 0. The normalized spacial score (nSPS) is 20.4. The minimum Gasteiger partial charge on any atom is -0.367 e. The van der Waals surface area contributed by atoms with E-state index in [2.05, 4.69) is 25.7 Å². The van der Waals surface area contributed by atoms with Crippen molar-refractivity contribution < 1.29 is 14.1 Å². The Morgan fingerprint density at radius 3 is 3.00 bits per heavy atom. The second-order valence-corrected chi connectivity index (χ2v) is 5.62. The largest absolute Gasteiger partial charge is 0.367 e. The number of morpholine rings is 1. The van der Waals surface area contributed by atoms with Crippen LogP contribution in [-0.2, 0) is 9.53 Å². The van der Waals surface area contributed by atoms with Gasteiger partial charge in [0.15, 0.2) is 11.6 Å². The van der Waals surface area contributed by atoms with Crippen molar-refractivity contribution in [2.45, 2.75) is 32.9 Å². The average Bonchev–Trinajstić information content (AvgIpc) is 3.15. The number of hydrogen-bond donors (Lipinski definition) is 2. The summed E-state index contributed by atoms with van der Waals surface area (Å²) in [4.78, 5) is 18.7. The van der Waals surface area contributed by atoms with E-state index in [0.717, 1.165) is 5.82 Å². The van der Waals surface area contributed by atoms with Gasteiger partial charge >= 0.3 is 0 Å². The predicted molar refractivity (Wildman–Crippen MR) is 80.7 cm³/mol. The highest BCUT2D eigenvalue weighted by atomic mass is 16.5. The molecule has 1 saturated heterocycles. The summed E-state index contributed by atoms with van der Waals surface area (Å²) >= 11 is 0. The first-order valence-corrected chi connectivity index (χ1v) is 7.51. The molecule has 0 spiro atoms. The van der Waals surface area contributed by atoms with E-state index in [1.807, 2.05) is 18.7 Å². The van der Waals surface area contributed by atoms with Crippen molar-refractivity contribution in [3.63, 3.8) is 0 Å². The number of hydrogen-bond acceptors (Lipinski definition) is 7. The molecule has 3 heterocycles. The Balaban J connectivity index is 1.62. The summed E-state index contributed by atoms with van der Waals surface area (Å²) in [6.45, 7) is 7.23. The molecule has 0 aromatic carbocycles. The molecule has 0 bridgehead atoms. The zero-order valence-corrected chi connectivity index (χ0v) is 13.4. The highest BCUT2D eigenvalue weighted by Crippen LogP contribution is 2.21. The molecule has 0 radical (unpaired) electrons. The average molecular weight is 320 g/mol. The monoisotopic (exact) mass is 320 g/mol. The lowest BCUT2D eigenvalue weighted by Crippen LogP contribution is -2.48. The van der Waals surface area contributed by atoms with E-state index < -0.39 is 0 Å². The van der Waals surface area contributed by atoms with Crippen molar-refractivity contribution in [2.24, 2.45) is 0 Å². The lowest BCUT2D eigenvalue weighted by Gasteiger charge is -2.34. The molecule has 0 unspecified atom stereocenters. The number of carbonyl (C=O) groups excluding carboxylic acids is 1. The number of nitrogens with one attached hydrogen (secondary N) is 2. The summed E-state index contributed by atoms with van der Waals surface area (Å²) in [5.74, 6) is 2.30. The minimum atomic E-state index is -0.321. The Morgan fingerprint density at radius 2 is 2.35 bits per heavy atom. The fourth-order valence-electron chi connectivity index (χ4n) is 2.50. The first-order valence-electron chi connectivity index (χ1n) is 7.51. The molecule has 2 aromatic heterocycles. The molecule has 3 rings (SSSR count). The molecule has 9 nitrogen and oxygen atoms in total. The first kappa shape index (κ1) is 15.6. The van der Waals surface area contributed by atoms with Gasteiger partial charge in [-0.2, -0.15) is 5.10 Å². The fraction of sp³-hybridized carbons (Fsp3) is 0.571. The van der Waals surface area contributed by atoms with E-state index in [-0.39, 0.29) is 18.1 Å². The van der Waals surface area contributed by atoms with Gasteiger partial charge in [-0.25, -0.2) is 4.98 Å². The molecular weight excluding hydrogens is 300 g/mol. The SMILES string of the molecule is Cc1nc([C@@H]2CN([C@@H](C)C(=O)Nc3cc(C)on3)CCO2)n[nH]1. The van der Waals surface area contributed by atoms with Crippen LogP contribution in [0.4, 0.5) is 5.82 Å². The molecule has 23 heavy (non-hydrogen) atoms. The number of ether oxygens (including phenoxy) is 1. The summed E-state index contributed by atoms with van der Waals surface area (Å²) < 4.78 is 10.7. The topological polar surface area (TPSA) is 109 Å². The minimum absolute atomic E-state index is 0.134. The molecular formula is C14H20N6O3. The maximum atomic E-state index is 12.4. The van der Waals surface area contributed by atoms with Gasteiger partial charge < -0.3 is 14.6 Å². The van der Waals surface area contributed by atoms with Crippen LogP contribution in [-0.4, -0.2) is 56.9 Å². The van der Waals surface area contributed by atoms with Crippen LogP contribution in [0, 0.1) is 13.8 Å². The number of aryl methyl sites for hydroxylation is 2. The standard InChI is InChI=1S/C14H20N6O3/c1-8-6-12(19-23-8)16-14(21)9(2)20-4-5-22-11(7-20)13-15-10(3)17-18-13/h6,9,11H,4-5,7H2,1-3H3,(H,15,17,18)(H,16,19,21)/t9-,11-/m0/s1. The molecule has 1 amide bonds. The van der Waals surface area contributed by atoms with Crippen molar-refractivity contribution >= 4 is 11.7 Å². The Kier molecular flexibility index (Phi) is 4.39. The number of anilines is 1. The number of aromatic amines is 1. The van der Waals surface area contributed by atoms with E-state index in [4.69, 9.17) is 9.26 Å². The highest BCUT2D eigenvalue weighted by Gasteiger charge is 2.30. The second-order valence-electron chi connectivity index (χ2n) is 5.62. The summed E-state index contributed by atoms with van der Waals surface area (Å²) in [5.41, 5.74) is 0. The molecule has 2 aromatic rings. The molecule has 124 valence electrons.